The average Bonchev–Trinajstić information content (AvgIpc) is 3.83. The van der Waals surface area contributed by atoms with E-state index in [1.54, 1.807) is 49.4 Å². The number of hydrazine groups is 1. The summed E-state index contributed by atoms with van der Waals surface area (Å²) in [7, 11) is 0. The Bertz CT molecular complexity index is 1360. The third kappa shape index (κ3) is 11.5. The van der Waals surface area contributed by atoms with Gasteiger partial charge in [0, 0.05) is 12.8 Å². The molecule has 1 saturated heterocycles. The fourth-order valence-corrected chi connectivity index (χ4v) is 4.45. The molecule has 0 saturated carbocycles. The molecule has 0 aliphatic carbocycles. The lowest BCUT2D eigenvalue weighted by Gasteiger charge is -2.27. The molecule has 2 aromatic carbocycles. The minimum atomic E-state index is -1.23. The van der Waals surface area contributed by atoms with E-state index in [1.807, 2.05) is 32.0 Å². The number of hydrogen-bond acceptors (Lipinski definition) is 9. The molecule has 4 atom stereocenters. The van der Waals surface area contributed by atoms with Gasteiger partial charge in [0.05, 0.1) is 13.2 Å². The van der Waals surface area contributed by atoms with Gasteiger partial charge in [0.1, 0.15) is 18.7 Å². The van der Waals surface area contributed by atoms with Crippen LogP contribution in [0.5, 0.6) is 0 Å². The van der Waals surface area contributed by atoms with Crippen LogP contribution >= 0.6 is 0 Å². The first-order valence-electron chi connectivity index (χ1n) is 15.0. The van der Waals surface area contributed by atoms with Gasteiger partial charge in [0.2, 0.25) is 11.8 Å². The lowest BCUT2D eigenvalue weighted by molar-refractivity contribution is -0.146. The monoisotopic (exact) mass is 639 g/mol. The Morgan fingerprint density at radius 1 is 0.848 bits per heavy atom. The number of alkyl carbamates (subject to hydrolysis) is 1. The van der Waals surface area contributed by atoms with Gasteiger partial charge in [-0.3, -0.25) is 29.6 Å². The number of nitrogens with one attached hydrogen (secondary N) is 3. The number of rotatable bonds is 16. The molecule has 14 heteroatoms. The molecule has 14 nitrogen and oxygen atoms in total. The van der Waals surface area contributed by atoms with E-state index >= 15 is 0 Å². The number of hydrogen-bond donors (Lipinski definition) is 4. The zero-order chi connectivity index (χ0) is 33.6. The maximum atomic E-state index is 13.6. The van der Waals surface area contributed by atoms with Gasteiger partial charge in [-0.15, -0.1) is 0 Å². The van der Waals surface area contributed by atoms with E-state index < -0.39 is 60.0 Å². The summed E-state index contributed by atoms with van der Waals surface area (Å²) in [5, 5.41) is 6.12. The van der Waals surface area contributed by atoms with E-state index in [0.717, 1.165) is 10.6 Å². The molecule has 0 unspecified atom stereocenters. The minimum absolute atomic E-state index is 0.00136. The van der Waals surface area contributed by atoms with Crippen molar-refractivity contribution in [1.29, 1.82) is 0 Å². The highest BCUT2D eigenvalue weighted by Crippen LogP contribution is 2.25. The van der Waals surface area contributed by atoms with Crippen LogP contribution < -0.4 is 21.8 Å². The van der Waals surface area contributed by atoms with Gasteiger partial charge in [0.25, 0.3) is 11.8 Å². The van der Waals surface area contributed by atoms with Gasteiger partial charge < -0.3 is 30.6 Å². The molecule has 1 aliphatic heterocycles. The van der Waals surface area contributed by atoms with Crippen LogP contribution in [-0.4, -0.2) is 78.1 Å². The molecule has 46 heavy (non-hydrogen) atoms. The maximum Gasteiger partial charge on any atom is 0.408 e. The van der Waals surface area contributed by atoms with Crippen molar-refractivity contribution in [1.82, 2.24) is 21.1 Å². The molecule has 5 N–H and O–H groups in total. The molecule has 1 aliphatic rings. The minimum Gasteiger partial charge on any atom is -0.464 e. The Balaban J connectivity index is 1.76. The second-order valence-corrected chi connectivity index (χ2v) is 11.1. The van der Waals surface area contributed by atoms with Crippen molar-refractivity contribution in [3.8, 4) is 0 Å². The number of carbonyl (C=O) groups is 6. The molecule has 2 aromatic rings. The second-order valence-electron chi connectivity index (χ2n) is 11.1. The van der Waals surface area contributed by atoms with E-state index in [0.29, 0.717) is 5.56 Å². The van der Waals surface area contributed by atoms with Crippen molar-refractivity contribution in [3.63, 3.8) is 0 Å². The SMILES string of the molecule is CCOC(=O)[C@@H]1O[C@H]1C(=O)N(CCC(N)=O)NC(=O)[C@H](Cc1ccccc1)NC(=O)[C@H](CC(C)C)NC(=O)OCc1ccccc1. The first kappa shape index (κ1) is 35.5. The van der Waals surface area contributed by atoms with Crippen molar-refractivity contribution in [2.45, 2.75) is 70.9 Å². The normalized spacial score (nSPS) is 16.3. The quantitative estimate of drug-likeness (QED) is 0.118. The van der Waals surface area contributed by atoms with E-state index in [4.69, 9.17) is 19.9 Å². The van der Waals surface area contributed by atoms with E-state index in [2.05, 4.69) is 16.1 Å². The summed E-state index contributed by atoms with van der Waals surface area (Å²) in [5.74, 6) is -3.72. The number of amides is 5. The Morgan fingerprint density at radius 2 is 1.48 bits per heavy atom. The topological polar surface area (TPSA) is 199 Å². The van der Waals surface area contributed by atoms with E-state index in [1.165, 1.54) is 0 Å². The lowest BCUT2D eigenvalue weighted by atomic mass is 10.0. The van der Waals surface area contributed by atoms with Gasteiger partial charge >= 0.3 is 12.1 Å². The summed E-state index contributed by atoms with van der Waals surface area (Å²) in [6, 6.07) is 15.6. The first-order valence-corrected chi connectivity index (χ1v) is 15.0. The summed E-state index contributed by atoms with van der Waals surface area (Å²) in [6.07, 6.45) is -3.22. The van der Waals surface area contributed by atoms with Crippen molar-refractivity contribution in [2.75, 3.05) is 13.2 Å². The number of nitrogens with zero attached hydrogens (tertiary/aromatic N) is 1. The molecule has 1 fully saturated rings. The van der Waals surface area contributed by atoms with Crippen LogP contribution in [0.3, 0.4) is 0 Å². The average molecular weight is 640 g/mol. The molecule has 0 spiro atoms. The van der Waals surface area contributed by atoms with Crippen LogP contribution in [0.2, 0.25) is 0 Å². The van der Waals surface area contributed by atoms with Crippen LogP contribution in [-0.2, 0) is 51.2 Å². The molecule has 5 amide bonds. The number of esters is 1. The Hall–Kier alpha value is -4.98. The van der Waals surface area contributed by atoms with Crippen LogP contribution in [0, 0.1) is 5.92 Å². The van der Waals surface area contributed by atoms with Gasteiger partial charge in [-0.1, -0.05) is 74.5 Å². The standard InChI is InChI=1S/C32H41N5O9/c1-4-44-31(42)27-26(46-27)30(41)37(16-15-25(33)38)36-29(40)24(18-21-11-7-5-8-12-21)34-28(39)23(17-20(2)3)35-32(43)45-19-22-13-9-6-10-14-22/h5-14,20,23-24,26-27H,4,15-19H2,1-3H3,(H2,33,38)(H,34,39)(H,35,43)(H,36,40)/t23-,24-,26+,27+/m0/s1. The molecule has 248 valence electrons. The molecule has 0 bridgehead atoms. The van der Waals surface area contributed by atoms with Gasteiger partial charge in [-0.05, 0) is 30.4 Å². The molecule has 0 aromatic heterocycles. The van der Waals surface area contributed by atoms with Crippen LogP contribution in [0.15, 0.2) is 60.7 Å². The van der Waals surface area contributed by atoms with Crippen LogP contribution in [0.1, 0.15) is 44.7 Å². The number of benzene rings is 2. The second kappa shape index (κ2) is 17.5. The van der Waals surface area contributed by atoms with Crippen LogP contribution in [0.4, 0.5) is 4.79 Å². The number of carbonyl (C=O) groups excluding carboxylic acids is 6. The summed E-state index contributed by atoms with van der Waals surface area (Å²) in [5.41, 5.74) is 9.19. The highest BCUT2D eigenvalue weighted by molar-refractivity contribution is 5.95. The number of primary amides is 1. The van der Waals surface area contributed by atoms with Gasteiger partial charge in [-0.2, -0.15) is 0 Å². The highest BCUT2D eigenvalue weighted by atomic mass is 16.6. The number of ether oxygens (including phenoxy) is 3. The Labute approximate surface area is 267 Å². The Morgan fingerprint density at radius 3 is 2.07 bits per heavy atom. The molecule has 3 rings (SSSR count). The smallest absolute Gasteiger partial charge is 0.408 e. The zero-order valence-electron chi connectivity index (χ0n) is 26.1. The van der Waals surface area contributed by atoms with Crippen molar-refractivity contribution >= 4 is 35.7 Å². The molecular formula is C32H41N5O9. The molecule has 0 radical (unpaired) electrons. The first-order chi connectivity index (χ1) is 22.0. The summed E-state index contributed by atoms with van der Waals surface area (Å²) < 4.78 is 15.4. The third-order valence-electron chi connectivity index (χ3n) is 6.79. The van der Waals surface area contributed by atoms with Crippen molar-refractivity contribution < 1.29 is 43.0 Å². The number of epoxide rings is 1. The van der Waals surface area contributed by atoms with E-state index in [9.17, 15) is 28.8 Å². The van der Waals surface area contributed by atoms with Crippen molar-refractivity contribution in [2.24, 2.45) is 11.7 Å². The Kier molecular flexibility index (Phi) is 13.5. The van der Waals surface area contributed by atoms with Gasteiger partial charge in [0.15, 0.2) is 12.2 Å². The molecule has 1 heterocycles. The van der Waals surface area contributed by atoms with Crippen molar-refractivity contribution in [3.05, 3.63) is 71.8 Å². The zero-order valence-corrected chi connectivity index (χ0v) is 26.1. The predicted molar refractivity (Wildman–Crippen MR) is 164 cm³/mol. The third-order valence-corrected chi connectivity index (χ3v) is 6.79. The fourth-order valence-electron chi connectivity index (χ4n) is 4.45. The predicted octanol–water partition coefficient (Wildman–Crippen LogP) is 1.12. The fraction of sp³-hybridized carbons (Fsp3) is 0.438. The largest absolute Gasteiger partial charge is 0.464 e. The molecular weight excluding hydrogens is 598 g/mol. The van der Waals surface area contributed by atoms with E-state index in [-0.39, 0.29) is 44.9 Å². The summed E-state index contributed by atoms with van der Waals surface area (Å²) in [6.45, 7) is 5.12. The highest BCUT2D eigenvalue weighted by Gasteiger charge is 2.53. The lowest BCUT2D eigenvalue weighted by Crippen LogP contribution is -2.58. The van der Waals surface area contributed by atoms with Crippen LogP contribution in [0.25, 0.3) is 0 Å². The maximum absolute atomic E-state index is 13.6. The van der Waals surface area contributed by atoms with Gasteiger partial charge in [-0.25, -0.2) is 9.59 Å². The number of nitrogens with two attached hydrogens (primary N) is 1. The summed E-state index contributed by atoms with van der Waals surface area (Å²) >= 11 is 0. The summed E-state index contributed by atoms with van der Waals surface area (Å²) in [4.78, 5) is 76.6.